The van der Waals surface area contributed by atoms with Gasteiger partial charge in [0.15, 0.2) is 5.82 Å². The van der Waals surface area contributed by atoms with Crippen LogP contribution in [0.5, 0.6) is 0 Å². The van der Waals surface area contributed by atoms with E-state index in [-0.39, 0.29) is 0 Å². The predicted molar refractivity (Wildman–Crippen MR) is 112 cm³/mol. The van der Waals surface area contributed by atoms with Crippen LogP contribution in [0.1, 0.15) is 32.2 Å². The number of imidazole rings is 1. The molecule has 2 aromatic heterocycles. The van der Waals surface area contributed by atoms with Crippen LogP contribution in [0.3, 0.4) is 0 Å². The average molecular weight is 398 g/mol. The molecule has 0 fully saturated rings. The van der Waals surface area contributed by atoms with Crippen LogP contribution < -0.4 is 5.73 Å². The second-order valence-electron chi connectivity index (χ2n) is 7.39. The van der Waals surface area contributed by atoms with Gasteiger partial charge in [0.1, 0.15) is 17.9 Å². The molecule has 0 radical (unpaired) electrons. The first-order valence-electron chi connectivity index (χ1n) is 9.38. The van der Waals surface area contributed by atoms with Crippen molar-refractivity contribution in [1.29, 1.82) is 0 Å². The van der Waals surface area contributed by atoms with E-state index >= 15 is 0 Å². The molecule has 0 saturated carbocycles. The van der Waals surface area contributed by atoms with Crippen LogP contribution in [0.4, 0.5) is 5.82 Å². The summed E-state index contributed by atoms with van der Waals surface area (Å²) in [5, 5.41) is 11.3. The molecule has 0 amide bonds. The number of benzene rings is 1. The van der Waals surface area contributed by atoms with E-state index < -0.39 is 11.6 Å². The number of carbonyl (C=O) groups excluding carboxylic acids is 1. The Labute approximate surface area is 169 Å². The molecule has 8 nitrogen and oxygen atoms in total. The summed E-state index contributed by atoms with van der Waals surface area (Å²) in [4.78, 5) is 20.5. The van der Waals surface area contributed by atoms with Crippen LogP contribution in [0.25, 0.3) is 28.0 Å². The van der Waals surface area contributed by atoms with E-state index in [1.807, 2.05) is 29.7 Å². The molecule has 29 heavy (non-hydrogen) atoms. The Morgan fingerprint density at radius 1 is 1.34 bits per heavy atom. The number of ether oxygens (including phenoxy) is 2. The molecule has 0 aliphatic heterocycles. The highest BCUT2D eigenvalue weighted by atomic mass is 16.5. The molecule has 154 valence electrons. The van der Waals surface area contributed by atoms with Crippen LogP contribution in [0, 0.1) is 0 Å². The number of carbonyl (C=O) groups is 1. The largest absolute Gasteiger partial charge is 0.466 e. The van der Waals surface area contributed by atoms with Gasteiger partial charge in [-0.3, -0.25) is 0 Å². The molecule has 0 atom stereocenters. The van der Waals surface area contributed by atoms with Crippen molar-refractivity contribution >= 4 is 39.8 Å². The Hall–Kier alpha value is -2.97. The minimum atomic E-state index is -0.956. The first-order chi connectivity index (χ1) is 13.7. The lowest BCUT2D eigenvalue weighted by molar-refractivity contribution is -0.134. The number of esters is 1. The second kappa shape index (κ2) is 8.18. The van der Waals surface area contributed by atoms with E-state index in [4.69, 9.17) is 10.5 Å². The maximum absolute atomic E-state index is 11.4. The molecule has 0 aliphatic carbocycles. The third-order valence-electron chi connectivity index (χ3n) is 4.40. The molecule has 0 aliphatic rings. The Morgan fingerprint density at radius 3 is 2.76 bits per heavy atom. The monoisotopic (exact) mass is 398 g/mol. The molecule has 3 rings (SSSR count). The lowest BCUT2D eigenvalue weighted by atomic mass is 10.1. The summed E-state index contributed by atoms with van der Waals surface area (Å²) >= 11 is 0. The third kappa shape index (κ3) is 4.55. The number of aromatic nitrogens is 3. The van der Waals surface area contributed by atoms with Crippen molar-refractivity contribution in [1.82, 2.24) is 14.5 Å². The zero-order valence-electron chi connectivity index (χ0n) is 17.1. The highest BCUT2D eigenvalue weighted by Gasteiger charge is 2.22. The maximum atomic E-state index is 11.4. The van der Waals surface area contributed by atoms with E-state index in [1.165, 1.54) is 13.2 Å². The smallest absolute Gasteiger partial charge is 0.330 e. The summed E-state index contributed by atoms with van der Waals surface area (Å²) in [6, 6.07) is 5.63. The van der Waals surface area contributed by atoms with Crippen LogP contribution in [-0.4, -0.2) is 44.9 Å². The van der Waals surface area contributed by atoms with E-state index in [9.17, 15) is 9.90 Å². The number of nitrogens with zero attached hydrogens (tertiary/aromatic N) is 3. The number of hydrogen-bond acceptors (Lipinski definition) is 7. The van der Waals surface area contributed by atoms with E-state index in [0.29, 0.717) is 42.4 Å². The fourth-order valence-electron chi connectivity index (χ4n) is 3.17. The quantitative estimate of drug-likeness (QED) is 0.465. The van der Waals surface area contributed by atoms with Crippen molar-refractivity contribution in [2.24, 2.45) is 0 Å². The van der Waals surface area contributed by atoms with E-state index in [2.05, 4.69) is 14.7 Å². The Balaban J connectivity index is 2.21. The number of pyridine rings is 1. The Morgan fingerprint density at radius 2 is 2.10 bits per heavy atom. The summed E-state index contributed by atoms with van der Waals surface area (Å²) in [5.74, 6) is 0.547. The van der Waals surface area contributed by atoms with E-state index in [0.717, 1.165) is 16.5 Å². The zero-order chi connectivity index (χ0) is 21.2. The number of anilines is 1. The molecule has 0 spiro atoms. The molecule has 0 unspecified atom stereocenters. The minimum absolute atomic E-state index is 0.300. The average Bonchev–Trinajstić information content (AvgIpc) is 3.01. The fraction of sp³-hybridized carbons (Fsp3) is 0.381. The Kier molecular flexibility index (Phi) is 5.86. The standard InChI is InChI=1S/C21H26N4O4/c1-5-29-11-16-24-18-19(25(16)12-21(2,3)27)14-8-6-13(7-9-17(26)28-4)10-15(14)23-20(18)22/h6-10,27H,5,11-12H2,1-4H3,(H2,22,23)/b9-7+. The summed E-state index contributed by atoms with van der Waals surface area (Å²) < 4.78 is 12.1. The SMILES string of the molecule is CCOCc1nc2c(N)nc3cc(/C=C/C(=O)OC)ccc3c2n1CC(C)(C)O. The van der Waals surface area contributed by atoms with Crippen molar-refractivity contribution in [3.8, 4) is 0 Å². The van der Waals surface area contributed by atoms with Gasteiger partial charge in [-0.1, -0.05) is 12.1 Å². The lowest BCUT2D eigenvalue weighted by Crippen LogP contribution is -2.27. The number of nitrogen functional groups attached to an aromatic ring is 1. The van der Waals surface area contributed by atoms with Gasteiger partial charge < -0.3 is 24.9 Å². The highest BCUT2D eigenvalue weighted by molar-refractivity contribution is 6.07. The number of methoxy groups -OCH3 is 1. The zero-order valence-corrected chi connectivity index (χ0v) is 17.1. The number of fused-ring (bicyclic) bond motifs is 3. The van der Waals surface area contributed by atoms with Crippen molar-refractivity contribution in [2.75, 3.05) is 19.5 Å². The normalized spacial score (nSPS) is 12.3. The number of aliphatic hydroxyl groups is 1. The molecular weight excluding hydrogens is 372 g/mol. The van der Waals surface area contributed by atoms with Gasteiger partial charge >= 0.3 is 5.97 Å². The summed E-state index contributed by atoms with van der Waals surface area (Å²) in [7, 11) is 1.33. The van der Waals surface area contributed by atoms with Crippen molar-refractivity contribution in [3.05, 3.63) is 35.7 Å². The minimum Gasteiger partial charge on any atom is -0.466 e. The van der Waals surface area contributed by atoms with Crippen LogP contribution >= 0.6 is 0 Å². The van der Waals surface area contributed by atoms with Gasteiger partial charge in [0.25, 0.3) is 0 Å². The fourth-order valence-corrected chi connectivity index (χ4v) is 3.17. The van der Waals surface area contributed by atoms with Gasteiger partial charge in [-0.05, 0) is 38.5 Å². The van der Waals surface area contributed by atoms with Gasteiger partial charge in [-0.2, -0.15) is 0 Å². The first-order valence-corrected chi connectivity index (χ1v) is 9.38. The summed E-state index contributed by atoms with van der Waals surface area (Å²) in [6.45, 7) is 6.59. The van der Waals surface area contributed by atoms with Crippen molar-refractivity contribution in [3.63, 3.8) is 0 Å². The van der Waals surface area contributed by atoms with Crippen LogP contribution in [0.2, 0.25) is 0 Å². The van der Waals surface area contributed by atoms with Crippen LogP contribution in [-0.2, 0) is 27.4 Å². The van der Waals surface area contributed by atoms with Gasteiger partial charge in [0.2, 0.25) is 0 Å². The molecule has 0 bridgehead atoms. The maximum Gasteiger partial charge on any atom is 0.330 e. The second-order valence-corrected chi connectivity index (χ2v) is 7.39. The molecule has 8 heteroatoms. The van der Waals surface area contributed by atoms with Crippen LogP contribution in [0.15, 0.2) is 24.3 Å². The number of nitrogens with two attached hydrogens (primary N) is 1. The molecular formula is C21H26N4O4. The molecule has 3 aromatic rings. The predicted octanol–water partition coefficient (Wildman–Crippen LogP) is 2.66. The Bertz CT molecular complexity index is 1080. The number of rotatable bonds is 7. The van der Waals surface area contributed by atoms with Crippen molar-refractivity contribution < 1.29 is 19.4 Å². The highest BCUT2D eigenvalue weighted by Crippen LogP contribution is 2.31. The summed E-state index contributed by atoms with van der Waals surface area (Å²) in [6.07, 6.45) is 3.00. The molecule has 0 saturated heterocycles. The number of hydrogen-bond donors (Lipinski definition) is 2. The molecule has 2 heterocycles. The van der Waals surface area contributed by atoms with Gasteiger partial charge in [0.05, 0.1) is 30.3 Å². The van der Waals surface area contributed by atoms with Crippen molar-refractivity contribution in [2.45, 2.75) is 39.5 Å². The lowest BCUT2D eigenvalue weighted by Gasteiger charge is -2.20. The first kappa shape index (κ1) is 20.8. The summed E-state index contributed by atoms with van der Waals surface area (Å²) in [5.41, 5.74) is 8.09. The van der Waals surface area contributed by atoms with E-state index in [1.54, 1.807) is 19.9 Å². The topological polar surface area (TPSA) is 112 Å². The third-order valence-corrected chi connectivity index (χ3v) is 4.40. The van der Waals surface area contributed by atoms with Gasteiger partial charge in [0, 0.05) is 18.1 Å². The molecule has 1 aromatic carbocycles. The van der Waals surface area contributed by atoms with Gasteiger partial charge in [-0.25, -0.2) is 14.8 Å². The molecule has 3 N–H and O–H groups in total. The van der Waals surface area contributed by atoms with Gasteiger partial charge in [-0.15, -0.1) is 0 Å².